The predicted octanol–water partition coefficient (Wildman–Crippen LogP) is 5.16. The number of anilines is 1. The second kappa shape index (κ2) is 8.16. The van der Waals surface area contributed by atoms with Gasteiger partial charge in [-0.15, -0.1) is 23.7 Å². The number of benzene rings is 1. The molecule has 8 heteroatoms. The van der Waals surface area contributed by atoms with Gasteiger partial charge < -0.3 is 10.2 Å². The maximum Gasteiger partial charge on any atom is 0.261 e. The van der Waals surface area contributed by atoms with Crippen LogP contribution in [0.5, 0.6) is 0 Å². The molecule has 4 aliphatic rings. The lowest BCUT2D eigenvalue weighted by atomic mass is 9.72. The standard InChI is InChI=1S/C23H29F2N3OS.ClH/c1-22(2)20(15-5-9-28(22)10-6-15)26-21(29)19-13-16-3-4-17(14-18(16)30-19)27-11-7-23(24,25)8-12-27;/h3-4,13-15,20H,5-12H2,1-2H3,(H,26,29);1H/t20-;/m1./s1. The number of carbonyl (C=O) groups is 1. The molecule has 4 fully saturated rings. The first kappa shape index (κ1) is 22.7. The maximum atomic E-state index is 13.5. The second-order valence-electron chi connectivity index (χ2n) is 9.61. The number of rotatable bonds is 3. The molecule has 1 amide bonds. The van der Waals surface area contributed by atoms with E-state index in [1.54, 1.807) is 0 Å². The Hall–Kier alpha value is -1.44. The highest BCUT2D eigenvalue weighted by Gasteiger charge is 2.48. The molecule has 1 aromatic carbocycles. The van der Waals surface area contributed by atoms with E-state index in [1.165, 1.54) is 11.3 Å². The lowest BCUT2D eigenvalue weighted by Gasteiger charge is -2.56. The molecule has 1 N–H and O–H groups in total. The summed E-state index contributed by atoms with van der Waals surface area (Å²) in [7, 11) is 0. The summed E-state index contributed by atoms with van der Waals surface area (Å²) in [5.41, 5.74) is 0.946. The van der Waals surface area contributed by atoms with Crippen molar-refractivity contribution in [1.82, 2.24) is 10.2 Å². The zero-order valence-electron chi connectivity index (χ0n) is 18.0. The number of alkyl halides is 2. The smallest absolute Gasteiger partial charge is 0.261 e. The Balaban J connectivity index is 0.00000231. The van der Waals surface area contributed by atoms with Crippen LogP contribution in [0.2, 0.25) is 0 Å². The Morgan fingerprint density at radius 1 is 1.10 bits per heavy atom. The summed E-state index contributed by atoms with van der Waals surface area (Å²) in [4.78, 5) is 18.3. The minimum Gasteiger partial charge on any atom is -0.371 e. The van der Waals surface area contributed by atoms with Gasteiger partial charge in [-0.2, -0.15) is 0 Å². The SMILES string of the molecule is CC1(C)[C@H](NC(=O)c2cc3ccc(N4CCC(F)(F)CC4)cc3s2)C2CCN1CC2.Cl. The zero-order valence-corrected chi connectivity index (χ0v) is 19.6. The molecule has 1 aromatic heterocycles. The summed E-state index contributed by atoms with van der Waals surface area (Å²) in [6.07, 6.45) is 2.11. The quantitative estimate of drug-likeness (QED) is 0.674. The number of thiophene rings is 1. The molecule has 0 aliphatic carbocycles. The topological polar surface area (TPSA) is 35.6 Å². The summed E-state index contributed by atoms with van der Waals surface area (Å²) in [5.74, 6) is -1.99. The third kappa shape index (κ3) is 4.16. The van der Waals surface area contributed by atoms with Crippen molar-refractivity contribution in [3.63, 3.8) is 0 Å². The molecule has 170 valence electrons. The lowest BCUT2D eigenvalue weighted by molar-refractivity contribution is -0.0377. The largest absolute Gasteiger partial charge is 0.371 e. The molecule has 6 rings (SSSR count). The van der Waals surface area contributed by atoms with Crippen LogP contribution in [0.1, 0.15) is 49.2 Å². The van der Waals surface area contributed by atoms with Crippen LogP contribution in [0.15, 0.2) is 24.3 Å². The first-order valence-corrected chi connectivity index (χ1v) is 11.8. The van der Waals surface area contributed by atoms with Crippen LogP contribution in [-0.2, 0) is 0 Å². The van der Waals surface area contributed by atoms with E-state index in [0.29, 0.717) is 19.0 Å². The van der Waals surface area contributed by atoms with Gasteiger partial charge in [0.05, 0.1) is 4.88 Å². The van der Waals surface area contributed by atoms with Crippen molar-refractivity contribution in [2.45, 2.75) is 57.0 Å². The van der Waals surface area contributed by atoms with Crippen LogP contribution >= 0.6 is 23.7 Å². The molecule has 4 saturated heterocycles. The summed E-state index contributed by atoms with van der Waals surface area (Å²) >= 11 is 1.49. The number of amides is 1. The first-order chi connectivity index (χ1) is 14.2. The number of carbonyl (C=O) groups excluding carboxylic acids is 1. The highest BCUT2D eigenvalue weighted by atomic mass is 35.5. The zero-order chi connectivity index (χ0) is 21.1. The van der Waals surface area contributed by atoms with Crippen LogP contribution in [0.3, 0.4) is 0 Å². The van der Waals surface area contributed by atoms with E-state index in [2.05, 4.69) is 24.1 Å². The van der Waals surface area contributed by atoms with Gasteiger partial charge in [0.2, 0.25) is 0 Å². The summed E-state index contributed by atoms with van der Waals surface area (Å²) < 4.78 is 28.0. The molecule has 4 nitrogen and oxygen atoms in total. The molecular weight excluding hydrogens is 440 g/mol. The molecule has 0 spiro atoms. The minimum absolute atomic E-state index is 0. The molecular formula is C23H30ClF2N3OS. The number of hydrogen-bond acceptors (Lipinski definition) is 4. The fraction of sp³-hybridized carbons (Fsp3) is 0.609. The van der Waals surface area contributed by atoms with Crippen LogP contribution in [-0.4, -0.2) is 54.5 Å². The number of fused-ring (bicyclic) bond motifs is 4. The van der Waals surface area contributed by atoms with Crippen molar-refractivity contribution in [3.8, 4) is 0 Å². The van der Waals surface area contributed by atoms with Crippen molar-refractivity contribution in [1.29, 1.82) is 0 Å². The summed E-state index contributed by atoms with van der Waals surface area (Å²) in [5, 5.41) is 4.37. The van der Waals surface area contributed by atoms with Gasteiger partial charge in [-0.05, 0) is 69.3 Å². The van der Waals surface area contributed by atoms with E-state index in [0.717, 1.165) is 46.6 Å². The Morgan fingerprint density at radius 2 is 1.77 bits per heavy atom. The van der Waals surface area contributed by atoms with E-state index < -0.39 is 5.92 Å². The predicted molar refractivity (Wildman–Crippen MR) is 125 cm³/mol. The van der Waals surface area contributed by atoms with Crippen LogP contribution in [0, 0.1) is 5.92 Å². The Morgan fingerprint density at radius 3 is 2.42 bits per heavy atom. The van der Waals surface area contributed by atoms with E-state index in [-0.39, 0.29) is 42.7 Å². The highest BCUT2D eigenvalue weighted by Crippen LogP contribution is 2.39. The molecule has 2 bridgehead atoms. The number of hydrogen-bond donors (Lipinski definition) is 1. The van der Waals surface area contributed by atoms with Gasteiger partial charge in [-0.1, -0.05) is 6.07 Å². The van der Waals surface area contributed by atoms with Crippen molar-refractivity contribution in [2.75, 3.05) is 31.1 Å². The molecule has 0 saturated carbocycles. The van der Waals surface area contributed by atoms with E-state index in [1.807, 2.05) is 29.2 Å². The van der Waals surface area contributed by atoms with Crippen molar-refractivity contribution in [2.24, 2.45) is 5.92 Å². The van der Waals surface area contributed by atoms with E-state index in [9.17, 15) is 13.6 Å². The second-order valence-corrected chi connectivity index (χ2v) is 10.7. The molecule has 0 radical (unpaired) electrons. The van der Waals surface area contributed by atoms with Gasteiger partial charge in [-0.3, -0.25) is 9.69 Å². The number of halogens is 3. The third-order valence-electron chi connectivity index (χ3n) is 7.46. The average Bonchev–Trinajstić information content (AvgIpc) is 3.14. The minimum atomic E-state index is -2.54. The first-order valence-electron chi connectivity index (χ1n) is 11.0. The normalized spacial score (nSPS) is 28.9. The summed E-state index contributed by atoms with van der Waals surface area (Å²) in [6, 6.07) is 8.15. The van der Waals surface area contributed by atoms with Gasteiger partial charge in [0.25, 0.3) is 11.8 Å². The Bertz CT molecular complexity index is 961. The van der Waals surface area contributed by atoms with Gasteiger partial charge in [0, 0.05) is 47.9 Å². The van der Waals surface area contributed by atoms with Crippen LogP contribution < -0.4 is 10.2 Å². The lowest BCUT2D eigenvalue weighted by Crippen LogP contribution is -2.69. The van der Waals surface area contributed by atoms with E-state index >= 15 is 0 Å². The number of nitrogens with zero attached hydrogens (tertiary/aromatic N) is 2. The van der Waals surface area contributed by atoms with Gasteiger partial charge in [-0.25, -0.2) is 8.78 Å². The molecule has 0 unspecified atom stereocenters. The van der Waals surface area contributed by atoms with Crippen molar-refractivity contribution >= 4 is 45.4 Å². The molecule has 31 heavy (non-hydrogen) atoms. The monoisotopic (exact) mass is 469 g/mol. The molecule has 5 heterocycles. The fourth-order valence-electron chi connectivity index (χ4n) is 5.51. The Kier molecular flexibility index (Phi) is 5.99. The molecule has 2 aromatic rings. The van der Waals surface area contributed by atoms with Gasteiger partial charge in [0.1, 0.15) is 0 Å². The third-order valence-corrected chi connectivity index (χ3v) is 8.56. The molecule has 4 aliphatic heterocycles. The number of nitrogens with one attached hydrogen (secondary N) is 1. The van der Waals surface area contributed by atoms with Gasteiger partial charge >= 0.3 is 0 Å². The van der Waals surface area contributed by atoms with Crippen LogP contribution in [0.25, 0.3) is 10.1 Å². The number of piperidine rings is 4. The Labute approximate surface area is 192 Å². The van der Waals surface area contributed by atoms with E-state index in [4.69, 9.17) is 0 Å². The average molecular weight is 470 g/mol. The van der Waals surface area contributed by atoms with Crippen molar-refractivity contribution in [3.05, 3.63) is 29.1 Å². The summed E-state index contributed by atoms with van der Waals surface area (Å²) in [6.45, 7) is 7.46. The van der Waals surface area contributed by atoms with Crippen LogP contribution in [0.4, 0.5) is 14.5 Å². The highest BCUT2D eigenvalue weighted by molar-refractivity contribution is 7.20. The fourth-order valence-corrected chi connectivity index (χ4v) is 6.51. The maximum absolute atomic E-state index is 13.5. The van der Waals surface area contributed by atoms with Gasteiger partial charge in [0.15, 0.2) is 0 Å². The van der Waals surface area contributed by atoms with Crippen molar-refractivity contribution < 1.29 is 13.6 Å². The molecule has 1 atom stereocenters.